The molecule has 182 valence electrons. The molecular weight excluding hydrogens is 484 g/mol. The Labute approximate surface area is 214 Å². The number of nitrogens with zero attached hydrogens (tertiary/aromatic N) is 1. The minimum atomic E-state index is -0.287. The zero-order chi connectivity index (χ0) is 24.9. The fourth-order valence-corrected chi connectivity index (χ4v) is 5.34. The quantitative estimate of drug-likeness (QED) is 0.426. The number of hydrogen-bond donors (Lipinski definition) is 1. The molecule has 0 radical (unpaired) electrons. The molecule has 1 heterocycles. The second-order valence-corrected chi connectivity index (χ2v) is 9.74. The molecule has 4 rings (SSSR count). The van der Waals surface area contributed by atoms with Gasteiger partial charge in [-0.1, -0.05) is 35.9 Å². The van der Waals surface area contributed by atoms with E-state index >= 15 is 0 Å². The Morgan fingerprint density at radius 3 is 2.46 bits per heavy atom. The fraction of sp³-hybridized carbons (Fsp3) is 0.259. The van der Waals surface area contributed by atoms with Gasteiger partial charge in [0.15, 0.2) is 0 Å². The number of hydrogen-bond acceptors (Lipinski definition) is 5. The zero-order valence-corrected chi connectivity index (χ0v) is 21.4. The van der Waals surface area contributed by atoms with Crippen molar-refractivity contribution in [2.45, 2.75) is 24.9 Å². The first kappa shape index (κ1) is 24.9. The molecule has 0 unspecified atom stereocenters. The lowest BCUT2D eigenvalue weighted by atomic mass is 10.1. The van der Waals surface area contributed by atoms with E-state index in [0.29, 0.717) is 34.4 Å². The normalized spacial score (nSPS) is 16.2. The fourth-order valence-electron chi connectivity index (χ4n) is 4.02. The van der Waals surface area contributed by atoms with Crippen LogP contribution >= 0.6 is 23.4 Å². The lowest BCUT2D eigenvalue weighted by molar-refractivity contribution is -0.128. The summed E-state index contributed by atoms with van der Waals surface area (Å²) in [5.74, 6) is 1.70. The molecule has 0 aromatic heterocycles. The van der Waals surface area contributed by atoms with Crippen molar-refractivity contribution in [2.24, 2.45) is 0 Å². The van der Waals surface area contributed by atoms with E-state index < -0.39 is 0 Å². The van der Waals surface area contributed by atoms with Gasteiger partial charge in [-0.3, -0.25) is 9.59 Å². The standard InChI is InChI=1S/C27H27ClN2O4S/c1-17(23-14-22(33-2)12-13-24(23)34-3)29-26(32)19-6-8-20(9-7-19)27-30(25(31)16-35-27)15-18-4-10-21(28)11-5-18/h4-14,17,27H,15-16H2,1-3H3,(H,29,32)/t17-,27-/m0/s1. The van der Waals surface area contributed by atoms with Crippen molar-refractivity contribution in [1.82, 2.24) is 10.2 Å². The number of thioether (sulfide) groups is 1. The first-order valence-corrected chi connectivity index (χ1v) is 12.6. The Morgan fingerprint density at radius 2 is 1.80 bits per heavy atom. The molecule has 1 aliphatic heterocycles. The summed E-state index contributed by atoms with van der Waals surface area (Å²) in [5, 5.41) is 3.59. The molecule has 3 aromatic carbocycles. The number of benzene rings is 3. The minimum Gasteiger partial charge on any atom is -0.497 e. The monoisotopic (exact) mass is 510 g/mol. The molecule has 3 aromatic rings. The van der Waals surface area contributed by atoms with Crippen molar-refractivity contribution in [3.05, 3.63) is 94.0 Å². The molecule has 8 heteroatoms. The van der Waals surface area contributed by atoms with Crippen LogP contribution in [0.4, 0.5) is 0 Å². The van der Waals surface area contributed by atoms with E-state index in [1.165, 1.54) is 0 Å². The molecule has 0 spiro atoms. The molecule has 1 N–H and O–H groups in total. The van der Waals surface area contributed by atoms with Crippen molar-refractivity contribution in [3.63, 3.8) is 0 Å². The van der Waals surface area contributed by atoms with Gasteiger partial charge in [0.2, 0.25) is 5.91 Å². The Kier molecular flexibility index (Phi) is 7.88. The molecule has 0 aliphatic carbocycles. The van der Waals surface area contributed by atoms with Crippen LogP contribution in [0.1, 0.15) is 45.4 Å². The van der Waals surface area contributed by atoms with Gasteiger partial charge in [0.05, 0.1) is 26.0 Å². The van der Waals surface area contributed by atoms with Crippen molar-refractivity contribution in [2.75, 3.05) is 20.0 Å². The van der Waals surface area contributed by atoms with Crippen molar-refractivity contribution in [3.8, 4) is 11.5 Å². The molecule has 1 saturated heterocycles. The summed E-state index contributed by atoms with van der Waals surface area (Å²) in [6.07, 6.45) is 0. The van der Waals surface area contributed by atoms with Gasteiger partial charge < -0.3 is 19.7 Å². The third kappa shape index (κ3) is 5.74. The number of rotatable bonds is 8. The second kappa shape index (κ2) is 11.1. The van der Waals surface area contributed by atoms with Crippen LogP contribution in [0.15, 0.2) is 66.7 Å². The predicted molar refractivity (Wildman–Crippen MR) is 139 cm³/mol. The van der Waals surface area contributed by atoms with Crippen molar-refractivity contribution >= 4 is 35.2 Å². The van der Waals surface area contributed by atoms with Gasteiger partial charge in [0.25, 0.3) is 5.91 Å². The third-order valence-electron chi connectivity index (χ3n) is 5.94. The van der Waals surface area contributed by atoms with Crippen LogP contribution in [-0.4, -0.2) is 36.7 Å². The average molecular weight is 511 g/mol. The number of carbonyl (C=O) groups excluding carboxylic acids is 2. The van der Waals surface area contributed by atoms with Crippen LogP contribution in [0, 0.1) is 0 Å². The number of carbonyl (C=O) groups is 2. The lowest BCUT2D eigenvalue weighted by Crippen LogP contribution is -2.28. The molecule has 1 fully saturated rings. The highest BCUT2D eigenvalue weighted by Gasteiger charge is 2.32. The highest BCUT2D eigenvalue weighted by molar-refractivity contribution is 8.00. The molecule has 1 aliphatic rings. The summed E-state index contributed by atoms with van der Waals surface area (Å²) in [4.78, 5) is 27.4. The summed E-state index contributed by atoms with van der Waals surface area (Å²) in [7, 11) is 3.20. The number of amides is 2. The minimum absolute atomic E-state index is 0.0952. The van der Waals surface area contributed by atoms with Crippen LogP contribution in [0.2, 0.25) is 5.02 Å². The predicted octanol–water partition coefficient (Wildman–Crippen LogP) is 5.62. The average Bonchev–Trinajstić information content (AvgIpc) is 3.24. The Morgan fingerprint density at radius 1 is 1.09 bits per heavy atom. The molecule has 0 bridgehead atoms. The van der Waals surface area contributed by atoms with Crippen LogP contribution in [0.5, 0.6) is 11.5 Å². The summed E-state index contributed by atoms with van der Waals surface area (Å²) < 4.78 is 10.8. The van der Waals surface area contributed by atoms with E-state index in [9.17, 15) is 9.59 Å². The number of ether oxygens (including phenoxy) is 2. The van der Waals surface area contributed by atoms with Crippen molar-refractivity contribution < 1.29 is 19.1 Å². The van der Waals surface area contributed by atoms with Crippen molar-refractivity contribution in [1.29, 1.82) is 0 Å². The Bertz CT molecular complexity index is 1200. The van der Waals surface area contributed by atoms with Gasteiger partial charge in [-0.2, -0.15) is 0 Å². The number of methoxy groups -OCH3 is 2. The van der Waals surface area contributed by atoms with Gasteiger partial charge in [-0.05, 0) is 60.5 Å². The zero-order valence-electron chi connectivity index (χ0n) is 19.8. The summed E-state index contributed by atoms with van der Waals surface area (Å²) in [6, 6.07) is 20.1. The second-order valence-electron chi connectivity index (χ2n) is 8.24. The van der Waals surface area contributed by atoms with E-state index in [4.69, 9.17) is 21.1 Å². The highest BCUT2D eigenvalue weighted by Crippen LogP contribution is 2.39. The maximum Gasteiger partial charge on any atom is 0.251 e. The van der Waals surface area contributed by atoms with Crippen LogP contribution < -0.4 is 14.8 Å². The van der Waals surface area contributed by atoms with Gasteiger partial charge in [-0.25, -0.2) is 0 Å². The third-order valence-corrected chi connectivity index (χ3v) is 7.45. The molecule has 35 heavy (non-hydrogen) atoms. The smallest absolute Gasteiger partial charge is 0.251 e. The first-order valence-electron chi connectivity index (χ1n) is 11.2. The van der Waals surface area contributed by atoms with Crippen LogP contribution in [0.3, 0.4) is 0 Å². The summed E-state index contributed by atoms with van der Waals surface area (Å²) >= 11 is 7.58. The SMILES string of the molecule is COc1ccc(OC)c([C@H](C)NC(=O)c2ccc([C@@H]3SCC(=O)N3Cc3ccc(Cl)cc3)cc2)c1. The van der Waals surface area contributed by atoms with Gasteiger partial charge >= 0.3 is 0 Å². The van der Waals surface area contributed by atoms with Gasteiger partial charge in [0.1, 0.15) is 16.9 Å². The lowest BCUT2D eigenvalue weighted by Gasteiger charge is -2.24. The summed E-state index contributed by atoms with van der Waals surface area (Å²) in [6.45, 7) is 2.41. The van der Waals surface area contributed by atoms with E-state index in [1.807, 2.05) is 66.4 Å². The first-order chi connectivity index (χ1) is 16.9. The molecular formula is C27H27ClN2O4S. The maximum absolute atomic E-state index is 12.9. The molecule has 6 nitrogen and oxygen atoms in total. The largest absolute Gasteiger partial charge is 0.497 e. The topological polar surface area (TPSA) is 67.9 Å². The van der Waals surface area contributed by atoms with E-state index in [-0.39, 0.29) is 23.2 Å². The molecule has 2 atom stereocenters. The Hall–Kier alpha value is -3.16. The maximum atomic E-state index is 12.9. The number of nitrogens with one attached hydrogen (secondary N) is 1. The molecule has 2 amide bonds. The van der Waals surface area contributed by atoms with E-state index in [2.05, 4.69) is 5.32 Å². The molecule has 0 saturated carbocycles. The number of halogens is 1. The Balaban J connectivity index is 1.46. The van der Waals surface area contributed by atoms with Gasteiger partial charge in [0, 0.05) is 22.7 Å². The van der Waals surface area contributed by atoms with Crippen LogP contribution in [-0.2, 0) is 11.3 Å². The highest BCUT2D eigenvalue weighted by atomic mass is 35.5. The van der Waals surface area contributed by atoms with Crippen LogP contribution in [0.25, 0.3) is 0 Å². The van der Waals surface area contributed by atoms with Gasteiger partial charge in [-0.15, -0.1) is 11.8 Å². The van der Waals surface area contributed by atoms with E-state index in [1.54, 1.807) is 38.1 Å². The summed E-state index contributed by atoms with van der Waals surface area (Å²) in [5.41, 5.74) is 3.37. The van der Waals surface area contributed by atoms with E-state index in [0.717, 1.165) is 16.7 Å².